The number of anilines is 1. The predicted octanol–water partition coefficient (Wildman–Crippen LogP) is 4.10. The quantitative estimate of drug-likeness (QED) is 0.732. The van der Waals surface area contributed by atoms with Gasteiger partial charge in [0.25, 0.3) is 0 Å². The Kier molecular flexibility index (Phi) is 6.31. The van der Waals surface area contributed by atoms with Gasteiger partial charge >= 0.3 is 0 Å². The molecule has 0 aliphatic heterocycles. The molecule has 17 heavy (non-hydrogen) atoms. The second-order valence-corrected chi connectivity index (χ2v) is 5.23. The maximum absolute atomic E-state index is 6.24. The van der Waals surface area contributed by atoms with Crippen molar-refractivity contribution in [3.8, 4) is 0 Å². The third-order valence-corrected chi connectivity index (χ3v) is 3.41. The topological polar surface area (TPSA) is 12.5 Å². The fourth-order valence-electron chi connectivity index (χ4n) is 1.49. The molecule has 1 aromatic rings. The number of hydrogen-bond acceptors (Lipinski definition) is 2. The largest absolute Gasteiger partial charge is 0.377 e. The van der Waals surface area contributed by atoms with Gasteiger partial charge < -0.3 is 9.64 Å². The van der Waals surface area contributed by atoms with E-state index in [1.54, 1.807) is 0 Å². The van der Waals surface area contributed by atoms with E-state index in [1.165, 1.54) is 5.56 Å². The lowest BCUT2D eigenvalue weighted by atomic mass is 10.2. The maximum Gasteiger partial charge on any atom is 0.0644 e. The van der Waals surface area contributed by atoms with E-state index in [9.17, 15) is 0 Å². The van der Waals surface area contributed by atoms with Gasteiger partial charge in [0.05, 0.1) is 23.4 Å². The minimum atomic E-state index is 0.273. The van der Waals surface area contributed by atoms with Gasteiger partial charge in [0.15, 0.2) is 0 Å². The van der Waals surface area contributed by atoms with Gasteiger partial charge in [-0.2, -0.15) is 0 Å². The molecule has 1 rings (SSSR count). The molecule has 0 saturated heterocycles. The highest BCUT2D eigenvalue weighted by molar-refractivity contribution is 9.08. The van der Waals surface area contributed by atoms with Crippen molar-refractivity contribution in [2.45, 2.75) is 25.3 Å². The standard InChI is InChI=1S/C13H19BrClNO/c1-10(2)17-7-6-16(3)13-5-4-11(9-14)8-12(13)15/h4-5,8,10H,6-7,9H2,1-3H3. The van der Waals surface area contributed by atoms with Crippen molar-refractivity contribution in [2.75, 3.05) is 25.1 Å². The molecule has 0 fully saturated rings. The van der Waals surface area contributed by atoms with E-state index in [2.05, 4.69) is 26.9 Å². The van der Waals surface area contributed by atoms with Crippen LogP contribution in [-0.2, 0) is 10.1 Å². The van der Waals surface area contributed by atoms with Crippen LogP contribution in [0.25, 0.3) is 0 Å². The van der Waals surface area contributed by atoms with Crippen molar-refractivity contribution in [2.24, 2.45) is 0 Å². The van der Waals surface area contributed by atoms with E-state index in [0.717, 1.165) is 22.6 Å². The van der Waals surface area contributed by atoms with Crippen LogP contribution in [0.4, 0.5) is 5.69 Å². The molecule has 0 aliphatic carbocycles. The van der Waals surface area contributed by atoms with Crippen molar-refractivity contribution in [3.63, 3.8) is 0 Å². The monoisotopic (exact) mass is 319 g/mol. The second kappa shape index (κ2) is 7.24. The first-order valence-electron chi connectivity index (χ1n) is 5.71. The molecule has 4 heteroatoms. The summed E-state index contributed by atoms with van der Waals surface area (Å²) in [5.74, 6) is 0. The first-order chi connectivity index (χ1) is 8.04. The van der Waals surface area contributed by atoms with Crippen LogP contribution in [-0.4, -0.2) is 26.3 Å². The van der Waals surface area contributed by atoms with Crippen LogP contribution in [0.5, 0.6) is 0 Å². The van der Waals surface area contributed by atoms with Crippen LogP contribution < -0.4 is 4.90 Å². The third-order valence-electron chi connectivity index (χ3n) is 2.46. The van der Waals surface area contributed by atoms with Crippen LogP contribution in [0.1, 0.15) is 19.4 Å². The van der Waals surface area contributed by atoms with Gasteiger partial charge in [0.1, 0.15) is 0 Å². The summed E-state index contributed by atoms with van der Waals surface area (Å²) in [6.45, 7) is 5.63. The molecule has 0 atom stereocenters. The van der Waals surface area contributed by atoms with Crippen molar-refractivity contribution in [1.82, 2.24) is 0 Å². The van der Waals surface area contributed by atoms with Crippen LogP contribution >= 0.6 is 27.5 Å². The fraction of sp³-hybridized carbons (Fsp3) is 0.538. The normalized spacial score (nSPS) is 10.9. The smallest absolute Gasteiger partial charge is 0.0644 e. The molecule has 0 aliphatic rings. The Morgan fingerprint density at radius 1 is 1.41 bits per heavy atom. The van der Waals surface area contributed by atoms with E-state index in [1.807, 2.05) is 33.0 Å². The van der Waals surface area contributed by atoms with Gasteiger partial charge in [-0.1, -0.05) is 33.6 Å². The van der Waals surface area contributed by atoms with Crippen LogP contribution in [0.2, 0.25) is 5.02 Å². The van der Waals surface area contributed by atoms with Crippen LogP contribution in [0.15, 0.2) is 18.2 Å². The maximum atomic E-state index is 6.24. The zero-order valence-corrected chi connectivity index (χ0v) is 12.9. The highest BCUT2D eigenvalue weighted by atomic mass is 79.9. The van der Waals surface area contributed by atoms with Gasteiger partial charge in [0, 0.05) is 18.9 Å². The Morgan fingerprint density at radius 2 is 2.12 bits per heavy atom. The van der Waals surface area contributed by atoms with Crippen molar-refractivity contribution in [1.29, 1.82) is 0 Å². The minimum absolute atomic E-state index is 0.273. The molecule has 0 saturated carbocycles. The molecule has 2 nitrogen and oxygen atoms in total. The van der Waals surface area contributed by atoms with Crippen LogP contribution in [0.3, 0.4) is 0 Å². The first-order valence-corrected chi connectivity index (χ1v) is 7.21. The van der Waals surface area contributed by atoms with E-state index in [-0.39, 0.29) is 6.10 Å². The minimum Gasteiger partial charge on any atom is -0.377 e. The summed E-state index contributed by atoms with van der Waals surface area (Å²) in [5, 5.41) is 1.61. The number of benzene rings is 1. The molecule has 96 valence electrons. The van der Waals surface area contributed by atoms with E-state index in [0.29, 0.717) is 6.61 Å². The van der Waals surface area contributed by atoms with Gasteiger partial charge in [-0.05, 0) is 31.5 Å². The van der Waals surface area contributed by atoms with E-state index < -0.39 is 0 Å². The summed E-state index contributed by atoms with van der Waals surface area (Å²) in [5.41, 5.74) is 2.23. The van der Waals surface area contributed by atoms with E-state index in [4.69, 9.17) is 16.3 Å². The van der Waals surface area contributed by atoms with Crippen molar-refractivity contribution in [3.05, 3.63) is 28.8 Å². The summed E-state index contributed by atoms with van der Waals surface area (Å²) >= 11 is 9.66. The first kappa shape index (κ1) is 14.8. The number of hydrogen-bond donors (Lipinski definition) is 0. The zero-order chi connectivity index (χ0) is 12.8. The molecule has 0 aromatic heterocycles. The second-order valence-electron chi connectivity index (χ2n) is 4.26. The summed E-state index contributed by atoms with van der Waals surface area (Å²) in [4.78, 5) is 2.11. The van der Waals surface area contributed by atoms with Gasteiger partial charge in [0.2, 0.25) is 0 Å². The Morgan fingerprint density at radius 3 is 2.65 bits per heavy atom. The molecule has 0 unspecified atom stereocenters. The number of alkyl halides is 1. The molecule has 0 N–H and O–H groups in total. The molecular weight excluding hydrogens is 302 g/mol. The summed E-state index contributed by atoms with van der Waals surface area (Å²) < 4.78 is 5.53. The number of likely N-dealkylation sites (N-methyl/N-ethyl adjacent to an activating group) is 1. The Balaban J connectivity index is 2.59. The molecule has 0 heterocycles. The lowest BCUT2D eigenvalue weighted by molar-refractivity contribution is 0.0846. The van der Waals surface area contributed by atoms with Crippen molar-refractivity contribution < 1.29 is 4.74 Å². The lowest BCUT2D eigenvalue weighted by Gasteiger charge is -2.21. The Hall–Kier alpha value is -0.250. The van der Waals surface area contributed by atoms with Gasteiger partial charge in [-0.3, -0.25) is 0 Å². The summed E-state index contributed by atoms with van der Waals surface area (Å²) in [7, 11) is 2.03. The molecule has 0 radical (unpaired) electrons. The third kappa shape index (κ3) is 4.86. The molecular formula is C13H19BrClNO. The Bertz CT molecular complexity index is 357. The average molecular weight is 321 g/mol. The number of rotatable bonds is 6. The van der Waals surface area contributed by atoms with Gasteiger partial charge in [-0.25, -0.2) is 0 Å². The summed E-state index contributed by atoms with van der Waals surface area (Å²) in [6, 6.07) is 6.12. The Labute approximate surface area is 117 Å². The average Bonchev–Trinajstić information content (AvgIpc) is 2.28. The highest BCUT2D eigenvalue weighted by Gasteiger charge is 2.07. The van der Waals surface area contributed by atoms with Crippen LogP contribution in [0, 0.1) is 0 Å². The lowest BCUT2D eigenvalue weighted by Crippen LogP contribution is -2.24. The summed E-state index contributed by atoms with van der Waals surface area (Å²) in [6.07, 6.45) is 0.273. The highest BCUT2D eigenvalue weighted by Crippen LogP contribution is 2.26. The number of ether oxygens (including phenoxy) is 1. The van der Waals surface area contributed by atoms with E-state index >= 15 is 0 Å². The van der Waals surface area contributed by atoms with Gasteiger partial charge in [-0.15, -0.1) is 0 Å². The number of nitrogens with zero attached hydrogens (tertiary/aromatic N) is 1. The zero-order valence-electron chi connectivity index (χ0n) is 10.5. The molecule has 1 aromatic carbocycles. The molecule has 0 spiro atoms. The van der Waals surface area contributed by atoms with Crippen molar-refractivity contribution >= 4 is 33.2 Å². The molecule has 0 amide bonds. The fourth-order valence-corrected chi connectivity index (χ4v) is 2.19. The number of halogens is 2. The SMILES string of the molecule is CC(C)OCCN(C)c1ccc(CBr)cc1Cl. The predicted molar refractivity (Wildman–Crippen MR) is 78.4 cm³/mol. The molecule has 0 bridgehead atoms.